The molecule has 0 atom stereocenters. The summed E-state index contributed by atoms with van der Waals surface area (Å²) < 4.78 is 0. The summed E-state index contributed by atoms with van der Waals surface area (Å²) in [4.78, 5) is 52.8. The molecular formula is C17H28N2O5. The van der Waals surface area contributed by atoms with E-state index in [9.17, 15) is 19.2 Å². The normalized spacial score (nSPS) is 18.3. The first-order valence-electron chi connectivity index (χ1n) is 8.81. The Labute approximate surface area is 143 Å². The van der Waals surface area contributed by atoms with E-state index in [1.165, 1.54) is 0 Å². The molecule has 0 saturated carbocycles. The summed E-state index contributed by atoms with van der Waals surface area (Å²) in [6, 6.07) is 0. The van der Waals surface area contributed by atoms with Crippen LogP contribution >= 0.6 is 0 Å². The minimum Gasteiger partial charge on any atom is -0.343 e. The third-order valence-electron chi connectivity index (χ3n) is 4.11. The zero-order chi connectivity index (χ0) is 18.1. The van der Waals surface area contributed by atoms with Gasteiger partial charge in [0.2, 0.25) is 5.91 Å². The molecule has 0 aromatic rings. The van der Waals surface area contributed by atoms with Crippen molar-refractivity contribution in [3.63, 3.8) is 0 Å². The Morgan fingerprint density at radius 1 is 1.04 bits per heavy atom. The minimum atomic E-state index is -0.649. The third-order valence-corrected chi connectivity index (χ3v) is 4.11. The van der Waals surface area contributed by atoms with Crippen LogP contribution in [0.1, 0.15) is 65.7 Å². The summed E-state index contributed by atoms with van der Waals surface area (Å²) in [6.45, 7) is 7.74. The molecule has 0 bridgehead atoms. The van der Waals surface area contributed by atoms with Gasteiger partial charge in [0.1, 0.15) is 0 Å². The van der Waals surface area contributed by atoms with E-state index < -0.39 is 17.8 Å². The van der Waals surface area contributed by atoms with Crippen molar-refractivity contribution in [1.82, 2.24) is 9.96 Å². The molecule has 0 N–H and O–H groups in total. The smallest absolute Gasteiger partial charge is 0.333 e. The van der Waals surface area contributed by atoms with Gasteiger partial charge in [0.15, 0.2) is 0 Å². The molecule has 136 valence electrons. The number of rotatable bonds is 5. The summed E-state index contributed by atoms with van der Waals surface area (Å²) in [7, 11) is 0. The van der Waals surface area contributed by atoms with Crippen molar-refractivity contribution < 1.29 is 24.0 Å². The van der Waals surface area contributed by atoms with Gasteiger partial charge in [0.25, 0.3) is 11.8 Å². The number of piperidine rings is 1. The van der Waals surface area contributed by atoms with Crippen molar-refractivity contribution >= 4 is 23.7 Å². The highest BCUT2D eigenvalue weighted by atomic mass is 16.7. The number of hydroxylamine groups is 2. The van der Waals surface area contributed by atoms with E-state index in [0.717, 1.165) is 25.9 Å². The number of hydrogen-bond donors (Lipinski definition) is 0. The first kappa shape index (κ1) is 20.1. The van der Waals surface area contributed by atoms with Crippen LogP contribution in [0.2, 0.25) is 0 Å². The highest BCUT2D eigenvalue weighted by Gasteiger charge is 2.32. The largest absolute Gasteiger partial charge is 0.343 e. The second kappa shape index (κ2) is 10.1. The van der Waals surface area contributed by atoms with Crippen molar-refractivity contribution in [3.8, 4) is 0 Å². The highest BCUT2D eigenvalue weighted by Crippen LogP contribution is 2.17. The van der Waals surface area contributed by atoms with Gasteiger partial charge >= 0.3 is 5.97 Å². The van der Waals surface area contributed by atoms with Crippen molar-refractivity contribution in [2.45, 2.75) is 65.7 Å². The first-order chi connectivity index (χ1) is 11.5. The Hall–Kier alpha value is -1.92. The molecule has 7 heteroatoms. The molecule has 2 heterocycles. The molecule has 2 fully saturated rings. The van der Waals surface area contributed by atoms with Gasteiger partial charge in [-0.3, -0.25) is 14.4 Å². The molecule has 7 nitrogen and oxygen atoms in total. The highest BCUT2D eigenvalue weighted by molar-refractivity contribution is 6.01. The van der Waals surface area contributed by atoms with Crippen LogP contribution in [0.3, 0.4) is 0 Å². The Bertz CT molecular complexity index is 454. The number of carbonyl (C=O) groups excluding carboxylic acids is 4. The van der Waals surface area contributed by atoms with Crippen LogP contribution in [0.5, 0.6) is 0 Å². The second-order valence-electron chi connectivity index (χ2n) is 5.96. The SMILES string of the molecule is CC.CC1CCN(C(=O)CCCC(=O)ON2C(=O)CCC2=O)CC1. The van der Waals surface area contributed by atoms with Gasteiger partial charge in [-0.05, 0) is 25.2 Å². The van der Waals surface area contributed by atoms with E-state index in [1.54, 1.807) is 0 Å². The van der Waals surface area contributed by atoms with Crippen molar-refractivity contribution in [2.75, 3.05) is 13.1 Å². The van der Waals surface area contributed by atoms with Crippen molar-refractivity contribution in [1.29, 1.82) is 0 Å². The Kier molecular flexibility index (Phi) is 8.43. The lowest BCUT2D eigenvalue weighted by Crippen LogP contribution is -2.37. The van der Waals surface area contributed by atoms with Crippen LogP contribution in [0.15, 0.2) is 0 Å². The summed E-state index contributed by atoms with van der Waals surface area (Å²) in [6.07, 6.45) is 2.87. The molecular weight excluding hydrogens is 312 g/mol. The predicted molar refractivity (Wildman–Crippen MR) is 87.4 cm³/mol. The maximum atomic E-state index is 12.0. The van der Waals surface area contributed by atoms with Crippen LogP contribution in [0.25, 0.3) is 0 Å². The van der Waals surface area contributed by atoms with Gasteiger partial charge in [-0.15, -0.1) is 5.06 Å². The van der Waals surface area contributed by atoms with E-state index in [2.05, 4.69) is 6.92 Å². The average molecular weight is 340 g/mol. The molecule has 3 amide bonds. The van der Waals surface area contributed by atoms with E-state index in [4.69, 9.17) is 4.84 Å². The Morgan fingerprint density at radius 2 is 1.58 bits per heavy atom. The number of hydrogen-bond acceptors (Lipinski definition) is 5. The quantitative estimate of drug-likeness (QED) is 0.715. The first-order valence-corrected chi connectivity index (χ1v) is 8.81. The van der Waals surface area contributed by atoms with E-state index >= 15 is 0 Å². The lowest BCUT2D eigenvalue weighted by atomic mass is 9.99. The van der Waals surface area contributed by atoms with E-state index in [0.29, 0.717) is 17.4 Å². The van der Waals surface area contributed by atoms with Crippen LogP contribution < -0.4 is 0 Å². The minimum absolute atomic E-state index is 0.0209. The lowest BCUT2D eigenvalue weighted by molar-refractivity contribution is -0.197. The lowest BCUT2D eigenvalue weighted by Gasteiger charge is -2.30. The third kappa shape index (κ3) is 5.94. The number of carbonyl (C=O) groups is 4. The monoisotopic (exact) mass is 340 g/mol. The molecule has 0 aromatic carbocycles. The fraction of sp³-hybridized carbons (Fsp3) is 0.765. The average Bonchev–Trinajstić information content (AvgIpc) is 2.89. The van der Waals surface area contributed by atoms with Gasteiger partial charge in [0, 0.05) is 38.8 Å². The molecule has 0 unspecified atom stereocenters. The summed E-state index contributed by atoms with van der Waals surface area (Å²) in [5.41, 5.74) is 0. The van der Waals surface area contributed by atoms with Crippen LogP contribution in [0.4, 0.5) is 0 Å². The zero-order valence-corrected chi connectivity index (χ0v) is 14.9. The summed E-state index contributed by atoms with van der Waals surface area (Å²) in [5, 5.41) is 0.538. The molecule has 2 rings (SSSR count). The number of nitrogens with zero attached hydrogens (tertiary/aromatic N) is 2. The molecule has 2 saturated heterocycles. The van der Waals surface area contributed by atoms with Gasteiger partial charge in [0.05, 0.1) is 0 Å². The standard InChI is InChI=1S/C15H22N2O5.C2H6/c1-11-7-9-16(10-8-11)12(18)3-2-4-15(21)22-17-13(19)5-6-14(17)20;1-2/h11H,2-10H2,1H3;1-2H3. The Morgan fingerprint density at radius 3 is 2.12 bits per heavy atom. The van der Waals surface area contributed by atoms with Crippen LogP contribution in [-0.4, -0.2) is 46.7 Å². The summed E-state index contributed by atoms with van der Waals surface area (Å²) >= 11 is 0. The van der Waals surface area contributed by atoms with E-state index in [-0.39, 0.29) is 31.6 Å². The molecule has 2 aliphatic heterocycles. The maximum absolute atomic E-state index is 12.0. The van der Waals surface area contributed by atoms with Gasteiger partial charge < -0.3 is 9.74 Å². The fourth-order valence-corrected chi connectivity index (χ4v) is 2.61. The van der Waals surface area contributed by atoms with Gasteiger partial charge in [-0.1, -0.05) is 20.8 Å². The maximum Gasteiger partial charge on any atom is 0.333 e. The number of imide groups is 1. The number of likely N-dealkylation sites (tertiary alicyclic amines) is 1. The fourth-order valence-electron chi connectivity index (χ4n) is 2.61. The molecule has 24 heavy (non-hydrogen) atoms. The van der Waals surface area contributed by atoms with Crippen LogP contribution in [0, 0.1) is 5.92 Å². The molecule has 0 aromatic heterocycles. The number of amides is 3. The second-order valence-corrected chi connectivity index (χ2v) is 5.96. The predicted octanol–water partition coefficient (Wildman–Crippen LogP) is 2.05. The molecule has 0 aliphatic carbocycles. The zero-order valence-electron chi connectivity index (χ0n) is 14.9. The molecule has 0 radical (unpaired) electrons. The van der Waals surface area contributed by atoms with Crippen molar-refractivity contribution in [3.05, 3.63) is 0 Å². The molecule has 0 spiro atoms. The topological polar surface area (TPSA) is 84.0 Å². The van der Waals surface area contributed by atoms with E-state index in [1.807, 2.05) is 18.7 Å². The summed E-state index contributed by atoms with van der Waals surface area (Å²) in [5.74, 6) is -0.917. The van der Waals surface area contributed by atoms with Crippen LogP contribution in [-0.2, 0) is 24.0 Å². The Balaban J connectivity index is 0.00000139. The molecule has 2 aliphatic rings. The van der Waals surface area contributed by atoms with Gasteiger partial charge in [-0.25, -0.2) is 4.79 Å². The van der Waals surface area contributed by atoms with Crippen molar-refractivity contribution in [2.24, 2.45) is 5.92 Å². The van der Waals surface area contributed by atoms with Gasteiger partial charge in [-0.2, -0.15) is 0 Å².